The van der Waals surface area contributed by atoms with Crippen LogP contribution in [0.1, 0.15) is 71.5 Å². The van der Waals surface area contributed by atoms with E-state index in [9.17, 15) is 0 Å². The van der Waals surface area contributed by atoms with Crippen LogP contribution in [0.25, 0.3) is 0 Å². The van der Waals surface area contributed by atoms with Gasteiger partial charge in [0.15, 0.2) is 0 Å². The first kappa shape index (κ1) is 16.5. The molecule has 1 aliphatic rings. The lowest BCUT2D eigenvalue weighted by Gasteiger charge is -2.33. The molecule has 1 saturated carbocycles. The van der Waals surface area contributed by atoms with Crippen molar-refractivity contribution in [2.75, 3.05) is 6.54 Å². The summed E-state index contributed by atoms with van der Waals surface area (Å²) in [5.74, 6) is 1.72. The van der Waals surface area contributed by atoms with Crippen LogP contribution in [0.15, 0.2) is 12.3 Å². The third kappa shape index (κ3) is 4.84. The normalized spacial score (nSPS) is 24.4. The van der Waals surface area contributed by atoms with E-state index in [1.165, 1.54) is 37.8 Å². The van der Waals surface area contributed by atoms with Crippen LogP contribution < -0.4 is 5.32 Å². The maximum Gasteiger partial charge on any atom is 0.0640 e. The van der Waals surface area contributed by atoms with Gasteiger partial charge in [0.05, 0.1) is 5.69 Å². The van der Waals surface area contributed by atoms with Gasteiger partial charge in [0.25, 0.3) is 0 Å². The maximum absolute atomic E-state index is 4.75. The first-order chi connectivity index (χ1) is 10.1. The summed E-state index contributed by atoms with van der Waals surface area (Å²) in [6, 6.07) is 3.26. The maximum atomic E-state index is 4.75. The fourth-order valence-electron chi connectivity index (χ4n) is 3.58. The summed E-state index contributed by atoms with van der Waals surface area (Å²) in [5.41, 5.74) is 1.25. The third-order valence-corrected chi connectivity index (χ3v) is 4.82. The van der Waals surface area contributed by atoms with Crippen LogP contribution in [-0.4, -0.2) is 22.4 Å². The van der Waals surface area contributed by atoms with E-state index in [1.807, 2.05) is 0 Å². The summed E-state index contributed by atoms with van der Waals surface area (Å²) in [6.07, 6.45) is 10.00. The smallest absolute Gasteiger partial charge is 0.0640 e. The molecule has 0 amide bonds. The summed E-state index contributed by atoms with van der Waals surface area (Å²) >= 11 is 0. The van der Waals surface area contributed by atoms with Crippen LogP contribution in [-0.2, 0) is 6.42 Å². The second kappa shape index (κ2) is 7.98. The largest absolute Gasteiger partial charge is 0.313 e. The van der Waals surface area contributed by atoms with Gasteiger partial charge in [-0.05, 0) is 57.6 Å². The van der Waals surface area contributed by atoms with Gasteiger partial charge in [-0.15, -0.1) is 0 Å². The quantitative estimate of drug-likeness (QED) is 0.816. The van der Waals surface area contributed by atoms with E-state index < -0.39 is 0 Å². The highest BCUT2D eigenvalue weighted by molar-refractivity contribution is 5.03. The highest BCUT2D eigenvalue weighted by Gasteiger charge is 2.27. The van der Waals surface area contributed by atoms with Crippen molar-refractivity contribution in [3.8, 4) is 0 Å². The molecule has 1 aromatic heterocycles. The SMILES string of the molecule is CCCNC(Cc1ccn(C(C)C)n1)C1CCCC(C)C1. The van der Waals surface area contributed by atoms with Crippen LogP contribution in [0.4, 0.5) is 0 Å². The lowest BCUT2D eigenvalue weighted by molar-refractivity contribution is 0.220. The molecule has 2 rings (SSSR count). The summed E-state index contributed by atoms with van der Waals surface area (Å²) in [5, 5.41) is 8.55. The molecular formula is C18H33N3. The van der Waals surface area contributed by atoms with E-state index in [4.69, 9.17) is 5.10 Å². The Balaban J connectivity index is 2.00. The van der Waals surface area contributed by atoms with Crippen molar-refractivity contribution in [3.63, 3.8) is 0 Å². The molecular weight excluding hydrogens is 258 g/mol. The summed E-state index contributed by atoms with van der Waals surface area (Å²) in [7, 11) is 0. The van der Waals surface area contributed by atoms with Gasteiger partial charge in [-0.3, -0.25) is 4.68 Å². The number of aromatic nitrogens is 2. The second-order valence-corrected chi connectivity index (χ2v) is 7.18. The van der Waals surface area contributed by atoms with Gasteiger partial charge in [-0.2, -0.15) is 5.10 Å². The molecule has 0 saturated heterocycles. The molecule has 0 aromatic carbocycles. The molecule has 1 heterocycles. The van der Waals surface area contributed by atoms with Gasteiger partial charge in [0, 0.05) is 24.7 Å². The van der Waals surface area contributed by atoms with Crippen molar-refractivity contribution in [1.82, 2.24) is 15.1 Å². The molecule has 1 N–H and O–H groups in total. The summed E-state index contributed by atoms with van der Waals surface area (Å²) in [6.45, 7) is 10.2. The molecule has 3 unspecified atom stereocenters. The zero-order valence-corrected chi connectivity index (χ0v) is 14.3. The summed E-state index contributed by atoms with van der Waals surface area (Å²) < 4.78 is 2.08. The van der Waals surface area contributed by atoms with E-state index in [0.717, 1.165) is 24.8 Å². The molecule has 3 atom stereocenters. The first-order valence-electron chi connectivity index (χ1n) is 8.87. The van der Waals surface area contributed by atoms with Crippen molar-refractivity contribution in [2.45, 2.75) is 78.3 Å². The first-order valence-corrected chi connectivity index (χ1v) is 8.87. The molecule has 0 spiro atoms. The van der Waals surface area contributed by atoms with Crippen LogP contribution in [0.3, 0.4) is 0 Å². The molecule has 3 heteroatoms. The average Bonchev–Trinajstić information content (AvgIpc) is 2.92. The Morgan fingerprint density at radius 1 is 1.38 bits per heavy atom. The molecule has 0 aliphatic heterocycles. The Morgan fingerprint density at radius 3 is 2.81 bits per heavy atom. The molecule has 0 radical (unpaired) electrons. The van der Waals surface area contributed by atoms with Gasteiger partial charge >= 0.3 is 0 Å². The van der Waals surface area contributed by atoms with Crippen molar-refractivity contribution < 1.29 is 0 Å². The molecule has 21 heavy (non-hydrogen) atoms. The van der Waals surface area contributed by atoms with E-state index in [-0.39, 0.29) is 0 Å². The summed E-state index contributed by atoms with van der Waals surface area (Å²) in [4.78, 5) is 0. The minimum atomic E-state index is 0.454. The van der Waals surface area contributed by atoms with Crippen LogP contribution in [0.5, 0.6) is 0 Å². The monoisotopic (exact) mass is 291 g/mol. The predicted molar refractivity (Wildman–Crippen MR) is 89.5 cm³/mol. The number of nitrogens with one attached hydrogen (secondary N) is 1. The predicted octanol–water partition coefficient (Wildman–Crippen LogP) is 4.20. The van der Waals surface area contributed by atoms with E-state index in [2.05, 4.69) is 50.0 Å². The fraction of sp³-hybridized carbons (Fsp3) is 0.833. The van der Waals surface area contributed by atoms with Crippen LogP contribution in [0.2, 0.25) is 0 Å². The van der Waals surface area contributed by atoms with Crippen molar-refractivity contribution in [2.24, 2.45) is 11.8 Å². The Kier molecular flexibility index (Phi) is 6.28. The van der Waals surface area contributed by atoms with Crippen molar-refractivity contribution >= 4 is 0 Å². The molecule has 1 aromatic rings. The lowest BCUT2D eigenvalue weighted by atomic mass is 9.77. The van der Waals surface area contributed by atoms with Crippen LogP contribution in [0, 0.1) is 11.8 Å². The third-order valence-electron chi connectivity index (χ3n) is 4.82. The minimum absolute atomic E-state index is 0.454. The highest BCUT2D eigenvalue weighted by Crippen LogP contribution is 2.31. The van der Waals surface area contributed by atoms with Crippen molar-refractivity contribution in [3.05, 3.63) is 18.0 Å². The van der Waals surface area contributed by atoms with Crippen molar-refractivity contribution in [1.29, 1.82) is 0 Å². The molecule has 0 bridgehead atoms. The van der Waals surface area contributed by atoms with Gasteiger partial charge in [-0.25, -0.2) is 0 Å². The number of nitrogens with zero attached hydrogens (tertiary/aromatic N) is 2. The van der Waals surface area contributed by atoms with Gasteiger partial charge in [0.1, 0.15) is 0 Å². The minimum Gasteiger partial charge on any atom is -0.313 e. The van der Waals surface area contributed by atoms with Gasteiger partial charge in [-0.1, -0.05) is 26.7 Å². The lowest BCUT2D eigenvalue weighted by Crippen LogP contribution is -2.40. The zero-order valence-electron chi connectivity index (χ0n) is 14.3. The topological polar surface area (TPSA) is 29.9 Å². The zero-order chi connectivity index (χ0) is 15.2. The van der Waals surface area contributed by atoms with Gasteiger partial charge in [0.2, 0.25) is 0 Å². The Bertz CT molecular complexity index is 410. The fourth-order valence-corrected chi connectivity index (χ4v) is 3.58. The molecule has 1 fully saturated rings. The molecule has 3 nitrogen and oxygen atoms in total. The highest BCUT2D eigenvalue weighted by atomic mass is 15.3. The van der Waals surface area contributed by atoms with Gasteiger partial charge < -0.3 is 5.32 Å². The Hall–Kier alpha value is -0.830. The van der Waals surface area contributed by atoms with E-state index >= 15 is 0 Å². The van der Waals surface area contributed by atoms with Crippen LogP contribution >= 0.6 is 0 Å². The Morgan fingerprint density at radius 2 is 2.19 bits per heavy atom. The van der Waals surface area contributed by atoms with E-state index in [0.29, 0.717) is 12.1 Å². The average molecular weight is 291 g/mol. The molecule has 1 aliphatic carbocycles. The Labute approximate surface area is 130 Å². The van der Waals surface area contributed by atoms with E-state index in [1.54, 1.807) is 0 Å². The number of hydrogen-bond donors (Lipinski definition) is 1. The second-order valence-electron chi connectivity index (χ2n) is 7.18. The standard InChI is InChI=1S/C18H33N3/c1-5-10-19-18(16-8-6-7-15(4)12-16)13-17-9-11-21(20-17)14(2)3/h9,11,14-16,18-19H,5-8,10,12-13H2,1-4H3. The number of rotatable bonds is 7. The molecule has 120 valence electrons. The number of hydrogen-bond acceptors (Lipinski definition) is 2.